The molecule has 0 spiro atoms. The Bertz CT molecular complexity index is 578. The highest BCUT2D eigenvalue weighted by molar-refractivity contribution is 5.98. The van der Waals surface area contributed by atoms with Gasteiger partial charge in [-0.15, -0.1) is 0 Å². The number of hydrogen-bond donors (Lipinski definition) is 3. The monoisotopic (exact) mass is 261 g/mol. The zero-order valence-corrected chi connectivity index (χ0v) is 10.7. The van der Waals surface area contributed by atoms with Crippen molar-refractivity contribution < 1.29 is 14.4 Å². The number of aliphatic hydroxyl groups excluding tert-OH is 1. The molecule has 19 heavy (non-hydrogen) atoms. The van der Waals surface area contributed by atoms with Gasteiger partial charge in [-0.25, -0.2) is 4.79 Å². The van der Waals surface area contributed by atoms with Gasteiger partial charge in [0.2, 0.25) is 5.88 Å². The molecule has 100 valence electrons. The fourth-order valence-corrected chi connectivity index (χ4v) is 1.57. The molecule has 6 heteroatoms. The van der Waals surface area contributed by atoms with Crippen molar-refractivity contribution in [3.63, 3.8) is 0 Å². The number of urea groups is 1. The summed E-state index contributed by atoms with van der Waals surface area (Å²) in [6, 6.07) is 8.17. The summed E-state index contributed by atoms with van der Waals surface area (Å²) in [5.41, 5.74) is 2.01. The number of amides is 2. The zero-order valence-electron chi connectivity index (χ0n) is 10.7. The van der Waals surface area contributed by atoms with Crippen LogP contribution in [0.1, 0.15) is 24.3 Å². The molecule has 2 rings (SSSR count). The summed E-state index contributed by atoms with van der Waals surface area (Å²) in [5.74, 6) is 0.279. The molecule has 3 N–H and O–H groups in total. The summed E-state index contributed by atoms with van der Waals surface area (Å²) in [4.78, 5) is 11.7. The van der Waals surface area contributed by atoms with Crippen LogP contribution in [0, 0.1) is 6.92 Å². The fourth-order valence-electron chi connectivity index (χ4n) is 1.57. The van der Waals surface area contributed by atoms with E-state index in [1.54, 1.807) is 44.2 Å². The average Bonchev–Trinajstić information content (AvgIpc) is 2.74. The minimum Gasteiger partial charge on any atom is -0.389 e. The van der Waals surface area contributed by atoms with E-state index in [-0.39, 0.29) is 5.88 Å². The van der Waals surface area contributed by atoms with Gasteiger partial charge in [0.1, 0.15) is 0 Å². The molecule has 0 aliphatic heterocycles. The summed E-state index contributed by atoms with van der Waals surface area (Å²) >= 11 is 0. The predicted octanol–water partition coefficient (Wildman–Crippen LogP) is 2.68. The third kappa shape index (κ3) is 3.56. The lowest BCUT2D eigenvalue weighted by Gasteiger charge is -2.08. The first kappa shape index (κ1) is 13.1. The maximum Gasteiger partial charge on any atom is 0.326 e. The van der Waals surface area contributed by atoms with Crippen LogP contribution in [0.5, 0.6) is 0 Å². The third-order valence-electron chi connectivity index (χ3n) is 2.49. The molecule has 1 aromatic heterocycles. The molecule has 0 fully saturated rings. The molecular weight excluding hydrogens is 246 g/mol. The van der Waals surface area contributed by atoms with Crippen LogP contribution in [0.3, 0.4) is 0 Å². The van der Waals surface area contributed by atoms with Gasteiger partial charge in [0.15, 0.2) is 0 Å². The molecule has 0 bridgehead atoms. The van der Waals surface area contributed by atoms with Crippen molar-refractivity contribution in [2.75, 3.05) is 10.6 Å². The molecule has 0 aliphatic rings. The van der Waals surface area contributed by atoms with Crippen molar-refractivity contribution >= 4 is 17.6 Å². The summed E-state index contributed by atoms with van der Waals surface area (Å²) in [6.45, 7) is 3.43. The van der Waals surface area contributed by atoms with Gasteiger partial charge >= 0.3 is 6.03 Å². The van der Waals surface area contributed by atoms with Crippen LogP contribution >= 0.6 is 0 Å². The second kappa shape index (κ2) is 5.53. The number of carbonyl (C=O) groups is 1. The van der Waals surface area contributed by atoms with E-state index in [1.807, 2.05) is 0 Å². The molecule has 0 saturated heterocycles. The minimum absolute atomic E-state index is 0.279. The van der Waals surface area contributed by atoms with Crippen LogP contribution < -0.4 is 10.6 Å². The number of benzene rings is 1. The quantitative estimate of drug-likeness (QED) is 0.792. The van der Waals surface area contributed by atoms with Gasteiger partial charge in [0.05, 0.1) is 11.8 Å². The normalized spacial score (nSPS) is 11.9. The summed E-state index contributed by atoms with van der Waals surface area (Å²) in [6.07, 6.45) is -0.582. The van der Waals surface area contributed by atoms with E-state index in [0.717, 1.165) is 5.56 Å². The lowest BCUT2D eigenvalue weighted by atomic mass is 10.1. The molecule has 6 nitrogen and oxygen atoms in total. The van der Waals surface area contributed by atoms with Crippen LogP contribution in [-0.2, 0) is 0 Å². The number of aromatic nitrogens is 1. The highest BCUT2D eigenvalue weighted by atomic mass is 16.5. The van der Waals surface area contributed by atoms with Crippen molar-refractivity contribution in [1.29, 1.82) is 0 Å². The van der Waals surface area contributed by atoms with Crippen molar-refractivity contribution in [1.82, 2.24) is 5.16 Å². The summed E-state index contributed by atoms with van der Waals surface area (Å²) in [5, 5.41) is 18.3. The van der Waals surface area contributed by atoms with E-state index >= 15 is 0 Å². The smallest absolute Gasteiger partial charge is 0.326 e. The minimum atomic E-state index is -0.582. The Kier molecular flexibility index (Phi) is 3.82. The Labute approximate surface area is 110 Å². The maximum absolute atomic E-state index is 11.7. The lowest BCUT2D eigenvalue weighted by Crippen LogP contribution is -2.19. The van der Waals surface area contributed by atoms with Gasteiger partial charge in [-0.05, 0) is 31.5 Å². The van der Waals surface area contributed by atoms with Crippen LogP contribution in [0.2, 0.25) is 0 Å². The predicted molar refractivity (Wildman–Crippen MR) is 71.0 cm³/mol. The van der Waals surface area contributed by atoms with E-state index in [1.165, 1.54) is 0 Å². The molecule has 0 aliphatic carbocycles. The van der Waals surface area contributed by atoms with E-state index in [4.69, 9.17) is 4.52 Å². The van der Waals surface area contributed by atoms with Gasteiger partial charge in [0, 0.05) is 11.8 Å². The molecular formula is C13H15N3O3. The average molecular weight is 261 g/mol. The Balaban J connectivity index is 2.00. The Hall–Kier alpha value is -2.34. The first-order chi connectivity index (χ1) is 9.04. The number of anilines is 2. The zero-order chi connectivity index (χ0) is 13.8. The van der Waals surface area contributed by atoms with Crippen LogP contribution in [0.15, 0.2) is 34.9 Å². The van der Waals surface area contributed by atoms with E-state index in [9.17, 15) is 9.90 Å². The Morgan fingerprint density at radius 3 is 2.79 bits per heavy atom. The molecule has 1 aromatic carbocycles. The van der Waals surface area contributed by atoms with Gasteiger partial charge < -0.3 is 14.9 Å². The van der Waals surface area contributed by atoms with Gasteiger partial charge in [-0.3, -0.25) is 5.32 Å². The molecule has 1 unspecified atom stereocenters. The first-order valence-electron chi connectivity index (χ1n) is 5.84. The summed E-state index contributed by atoms with van der Waals surface area (Å²) in [7, 11) is 0. The second-order valence-electron chi connectivity index (χ2n) is 4.21. The van der Waals surface area contributed by atoms with Crippen LogP contribution in [-0.4, -0.2) is 16.3 Å². The molecule has 2 amide bonds. The molecule has 0 saturated carbocycles. The van der Waals surface area contributed by atoms with Crippen LogP contribution in [0.25, 0.3) is 0 Å². The highest BCUT2D eigenvalue weighted by Gasteiger charge is 2.07. The van der Waals surface area contributed by atoms with Crippen molar-refractivity contribution in [2.45, 2.75) is 20.0 Å². The fraction of sp³-hybridized carbons (Fsp3) is 0.231. The lowest BCUT2D eigenvalue weighted by molar-refractivity contribution is 0.199. The van der Waals surface area contributed by atoms with Gasteiger partial charge in [-0.1, -0.05) is 17.3 Å². The number of aryl methyl sites for hydroxylation is 1. The van der Waals surface area contributed by atoms with Crippen molar-refractivity contribution in [2.24, 2.45) is 0 Å². The maximum atomic E-state index is 11.7. The van der Waals surface area contributed by atoms with Crippen molar-refractivity contribution in [3.8, 4) is 0 Å². The van der Waals surface area contributed by atoms with E-state index < -0.39 is 12.1 Å². The molecule has 2 aromatic rings. The highest BCUT2D eigenvalue weighted by Crippen LogP contribution is 2.17. The molecule has 1 heterocycles. The van der Waals surface area contributed by atoms with E-state index in [2.05, 4.69) is 15.8 Å². The largest absolute Gasteiger partial charge is 0.389 e. The number of aliphatic hydroxyl groups is 1. The van der Waals surface area contributed by atoms with Crippen molar-refractivity contribution in [3.05, 3.63) is 41.6 Å². The number of nitrogens with one attached hydrogen (secondary N) is 2. The molecule has 1 atom stereocenters. The van der Waals surface area contributed by atoms with Crippen LogP contribution in [0.4, 0.5) is 16.4 Å². The number of hydrogen-bond acceptors (Lipinski definition) is 4. The van der Waals surface area contributed by atoms with Gasteiger partial charge in [-0.2, -0.15) is 0 Å². The third-order valence-corrected chi connectivity index (χ3v) is 2.49. The number of nitrogens with zero attached hydrogens (tertiary/aromatic N) is 1. The summed E-state index contributed by atoms with van der Waals surface area (Å²) < 4.78 is 4.87. The standard InChI is InChI=1S/C13H15N3O3/c1-8-6-12(19-16-8)15-13(18)14-11-5-3-4-10(7-11)9(2)17/h3-7,9,17H,1-2H3,(H2,14,15,18). The van der Waals surface area contributed by atoms with Gasteiger partial charge in [0.25, 0.3) is 0 Å². The SMILES string of the molecule is Cc1cc(NC(=O)Nc2cccc(C(C)O)c2)on1. The number of carbonyl (C=O) groups excluding carboxylic acids is 1. The topological polar surface area (TPSA) is 87.4 Å². The van der Waals surface area contributed by atoms with E-state index in [0.29, 0.717) is 11.4 Å². The first-order valence-corrected chi connectivity index (χ1v) is 5.84. The second-order valence-corrected chi connectivity index (χ2v) is 4.21. The Morgan fingerprint density at radius 2 is 2.16 bits per heavy atom. The molecule has 0 radical (unpaired) electrons. The number of rotatable bonds is 3. The Morgan fingerprint density at radius 1 is 1.37 bits per heavy atom.